The van der Waals surface area contributed by atoms with Crippen LogP contribution in [0.25, 0.3) is 0 Å². The topological polar surface area (TPSA) is 34.1 Å². The summed E-state index contributed by atoms with van der Waals surface area (Å²) in [6.45, 7) is 4.05. The smallest absolute Gasteiger partial charge is 0.139 e. The number of hydrogen-bond acceptors (Lipinski definition) is 2. The molecule has 66 valence electrons. The molecule has 0 amide bonds. The first kappa shape index (κ1) is 7.96. The van der Waals surface area contributed by atoms with Crippen LogP contribution in [0, 0.1) is 10.8 Å². The normalized spacial score (nSPS) is 46.8. The van der Waals surface area contributed by atoms with E-state index in [-0.39, 0.29) is 16.6 Å². The van der Waals surface area contributed by atoms with Gasteiger partial charge >= 0.3 is 0 Å². The Balaban J connectivity index is 2.45. The van der Waals surface area contributed by atoms with E-state index in [1.54, 1.807) is 0 Å². The minimum Gasteiger partial charge on any atom is -0.300 e. The zero-order chi connectivity index (χ0) is 8.98. The predicted octanol–water partition coefficient (Wildman–Crippen LogP) is 1.72. The van der Waals surface area contributed by atoms with E-state index < -0.39 is 0 Å². The number of hydrogen-bond donors (Lipinski definition) is 0. The SMILES string of the molecule is CC12CCC(=O)C1(C)CC(=O)C2. The second-order valence-corrected chi connectivity index (χ2v) is 4.71. The first-order valence-corrected chi connectivity index (χ1v) is 4.53. The molecule has 2 rings (SSSR count). The summed E-state index contributed by atoms with van der Waals surface area (Å²) in [5.74, 6) is 0.573. The molecule has 2 aliphatic carbocycles. The molecule has 0 aliphatic heterocycles. The molecular weight excluding hydrogens is 152 g/mol. The molecule has 0 aromatic heterocycles. The van der Waals surface area contributed by atoms with E-state index in [0.29, 0.717) is 25.0 Å². The molecule has 2 aliphatic rings. The van der Waals surface area contributed by atoms with Gasteiger partial charge in [-0.2, -0.15) is 0 Å². The van der Waals surface area contributed by atoms with Crippen LogP contribution in [0.15, 0.2) is 0 Å². The molecule has 0 N–H and O–H groups in total. The standard InChI is InChI=1S/C10H14O2/c1-9-4-3-8(12)10(9,2)6-7(11)5-9/h3-6H2,1-2H3. The molecule has 0 aromatic carbocycles. The van der Waals surface area contributed by atoms with Crippen LogP contribution in [0.3, 0.4) is 0 Å². The highest BCUT2D eigenvalue weighted by Crippen LogP contribution is 2.59. The zero-order valence-corrected chi connectivity index (χ0v) is 7.64. The first-order chi connectivity index (χ1) is 5.48. The molecular formula is C10H14O2. The highest BCUT2D eigenvalue weighted by molar-refractivity contribution is 5.97. The molecule has 2 nitrogen and oxygen atoms in total. The molecule has 2 fully saturated rings. The van der Waals surface area contributed by atoms with Crippen molar-refractivity contribution < 1.29 is 9.59 Å². The molecule has 0 bridgehead atoms. The lowest BCUT2D eigenvalue weighted by molar-refractivity contribution is -0.128. The molecule has 2 unspecified atom stereocenters. The molecule has 2 atom stereocenters. The quantitative estimate of drug-likeness (QED) is 0.549. The number of carbonyl (C=O) groups excluding carboxylic acids is 2. The van der Waals surface area contributed by atoms with E-state index in [4.69, 9.17) is 0 Å². The maximum absolute atomic E-state index is 11.6. The number of carbonyl (C=O) groups is 2. The predicted molar refractivity (Wildman–Crippen MR) is 44.7 cm³/mol. The van der Waals surface area contributed by atoms with Crippen LogP contribution in [0.4, 0.5) is 0 Å². The Kier molecular flexibility index (Phi) is 1.31. The van der Waals surface area contributed by atoms with Crippen molar-refractivity contribution in [2.75, 3.05) is 0 Å². The van der Waals surface area contributed by atoms with Gasteiger partial charge in [0, 0.05) is 24.7 Å². The van der Waals surface area contributed by atoms with Gasteiger partial charge in [-0.1, -0.05) is 13.8 Å². The van der Waals surface area contributed by atoms with Gasteiger partial charge in [0.1, 0.15) is 11.6 Å². The molecule has 0 aromatic rings. The van der Waals surface area contributed by atoms with Crippen molar-refractivity contribution in [2.45, 2.75) is 39.5 Å². The molecule has 0 heterocycles. The molecule has 2 heteroatoms. The Morgan fingerprint density at radius 3 is 2.42 bits per heavy atom. The van der Waals surface area contributed by atoms with E-state index >= 15 is 0 Å². The summed E-state index contributed by atoms with van der Waals surface area (Å²) >= 11 is 0. The van der Waals surface area contributed by atoms with Crippen LogP contribution in [0.1, 0.15) is 39.5 Å². The van der Waals surface area contributed by atoms with Crippen LogP contribution in [-0.2, 0) is 9.59 Å². The van der Waals surface area contributed by atoms with Crippen LogP contribution >= 0.6 is 0 Å². The van der Waals surface area contributed by atoms with E-state index in [2.05, 4.69) is 6.92 Å². The number of Topliss-reactive ketones (excluding diaryl/α,β-unsaturated/α-hetero) is 2. The summed E-state index contributed by atoms with van der Waals surface area (Å²) in [6.07, 6.45) is 2.70. The van der Waals surface area contributed by atoms with Crippen LogP contribution in [0.5, 0.6) is 0 Å². The van der Waals surface area contributed by atoms with Gasteiger partial charge in [-0.05, 0) is 11.8 Å². The molecule has 12 heavy (non-hydrogen) atoms. The largest absolute Gasteiger partial charge is 0.300 e. The van der Waals surface area contributed by atoms with Gasteiger partial charge in [0.25, 0.3) is 0 Å². The summed E-state index contributed by atoms with van der Waals surface area (Å²) in [7, 11) is 0. The third-order valence-corrected chi connectivity index (χ3v) is 3.99. The summed E-state index contributed by atoms with van der Waals surface area (Å²) in [5.41, 5.74) is -0.328. The molecule has 0 radical (unpaired) electrons. The van der Waals surface area contributed by atoms with Crippen molar-refractivity contribution in [3.63, 3.8) is 0 Å². The molecule has 0 saturated heterocycles. The second-order valence-electron chi connectivity index (χ2n) is 4.71. The lowest BCUT2D eigenvalue weighted by atomic mass is 9.70. The first-order valence-electron chi connectivity index (χ1n) is 4.53. The van der Waals surface area contributed by atoms with Crippen LogP contribution in [-0.4, -0.2) is 11.6 Å². The van der Waals surface area contributed by atoms with Crippen molar-refractivity contribution in [1.82, 2.24) is 0 Å². The van der Waals surface area contributed by atoms with E-state index in [0.717, 1.165) is 6.42 Å². The third-order valence-electron chi connectivity index (χ3n) is 3.99. The van der Waals surface area contributed by atoms with Gasteiger partial charge in [-0.3, -0.25) is 9.59 Å². The van der Waals surface area contributed by atoms with Crippen molar-refractivity contribution in [2.24, 2.45) is 10.8 Å². The number of rotatable bonds is 0. The van der Waals surface area contributed by atoms with Crippen molar-refractivity contribution in [3.05, 3.63) is 0 Å². The summed E-state index contributed by atoms with van der Waals surface area (Å²) < 4.78 is 0. The van der Waals surface area contributed by atoms with Crippen LogP contribution in [0.2, 0.25) is 0 Å². The maximum Gasteiger partial charge on any atom is 0.139 e. The van der Waals surface area contributed by atoms with Gasteiger partial charge in [0.15, 0.2) is 0 Å². The Bertz CT molecular complexity index is 269. The van der Waals surface area contributed by atoms with Gasteiger partial charge in [-0.25, -0.2) is 0 Å². The van der Waals surface area contributed by atoms with E-state index in [9.17, 15) is 9.59 Å². The van der Waals surface area contributed by atoms with Crippen molar-refractivity contribution >= 4 is 11.6 Å². The monoisotopic (exact) mass is 166 g/mol. The minimum atomic E-state index is -0.315. The highest BCUT2D eigenvalue weighted by Gasteiger charge is 2.59. The zero-order valence-electron chi connectivity index (χ0n) is 7.64. The fourth-order valence-corrected chi connectivity index (χ4v) is 2.77. The Morgan fingerprint density at radius 1 is 1.17 bits per heavy atom. The van der Waals surface area contributed by atoms with E-state index in [1.807, 2.05) is 6.92 Å². The van der Waals surface area contributed by atoms with Gasteiger partial charge in [0.2, 0.25) is 0 Å². The lowest BCUT2D eigenvalue weighted by Gasteiger charge is -2.31. The number of fused-ring (bicyclic) bond motifs is 1. The van der Waals surface area contributed by atoms with Gasteiger partial charge in [-0.15, -0.1) is 0 Å². The Labute approximate surface area is 72.3 Å². The van der Waals surface area contributed by atoms with Crippen LogP contribution < -0.4 is 0 Å². The maximum atomic E-state index is 11.6. The molecule has 2 saturated carbocycles. The van der Waals surface area contributed by atoms with Crippen molar-refractivity contribution in [3.8, 4) is 0 Å². The van der Waals surface area contributed by atoms with E-state index in [1.165, 1.54) is 0 Å². The number of ketones is 2. The fraction of sp³-hybridized carbons (Fsp3) is 0.800. The minimum absolute atomic E-state index is 0.0127. The summed E-state index contributed by atoms with van der Waals surface area (Å²) in [4.78, 5) is 22.8. The third kappa shape index (κ3) is 0.706. The van der Waals surface area contributed by atoms with Gasteiger partial charge in [0.05, 0.1) is 0 Å². The second kappa shape index (κ2) is 1.98. The fourth-order valence-electron chi connectivity index (χ4n) is 2.77. The lowest BCUT2D eigenvalue weighted by Crippen LogP contribution is -2.31. The Hall–Kier alpha value is -0.660. The summed E-state index contributed by atoms with van der Waals surface area (Å²) in [5, 5.41) is 0. The average molecular weight is 166 g/mol. The summed E-state index contributed by atoms with van der Waals surface area (Å²) in [6, 6.07) is 0. The average Bonchev–Trinajstić information content (AvgIpc) is 2.28. The van der Waals surface area contributed by atoms with Crippen molar-refractivity contribution in [1.29, 1.82) is 0 Å². The molecule has 0 spiro atoms. The van der Waals surface area contributed by atoms with Gasteiger partial charge < -0.3 is 0 Å². The Morgan fingerprint density at radius 2 is 1.83 bits per heavy atom. The highest BCUT2D eigenvalue weighted by atomic mass is 16.1.